The first-order valence-corrected chi connectivity index (χ1v) is 7.22. The number of carbonyl (C=O) groups is 1. The van der Waals surface area contributed by atoms with Crippen LogP contribution in [0.1, 0.15) is 21.5 Å². The summed E-state index contributed by atoms with van der Waals surface area (Å²) in [5, 5.41) is 6.86. The number of nitrogens with one attached hydrogen (secondary N) is 1. The van der Waals surface area contributed by atoms with Crippen LogP contribution in [0.15, 0.2) is 48.9 Å². The zero-order valence-electron chi connectivity index (χ0n) is 12.8. The average molecular weight is 328 g/mol. The third-order valence-electron chi connectivity index (χ3n) is 3.51. The lowest BCUT2D eigenvalue weighted by molar-refractivity contribution is 0.102. The van der Waals surface area contributed by atoms with Crippen LogP contribution in [-0.4, -0.2) is 20.7 Å². The highest BCUT2D eigenvalue weighted by molar-refractivity contribution is 6.03. The topological polar surface area (TPSA) is 59.8 Å². The predicted octanol–water partition coefficient (Wildman–Crippen LogP) is 3.17. The molecule has 24 heavy (non-hydrogen) atoms. The average Bonchev–Trinajstić information content (AvgIpc) is 2.92. The highest BCUT2D eigenvalue weighted by Crippen LogP contribution is 2.19. The Labute approximate surface area is 137 Å². The van der Waals surface area contributed by atoms with Crippen molar-refractivity contribution in [1.82, 2.24) is 14.8 Å². The van der Waals surface area contributed by atoms with Crippen molar-refractivity contribution in [3.8, 4) is 0 Å². The van der Waals surface area contributed by atoms with E-state index in [-0.39, 0.29) is 18.0 Å². The molecule has 0 spiro atoms. The SMILES string of the molecule is Cc1cnn(Cc2cc(F)ccc2F)c1NC(=O)c1cccnc1. The molecule has 0 atom stereocenters. The monoisotopic (exact) mass is 328 g/mol. The summed E-state index contributed by atoms with van der Waals surface area (Å²) in [4.78, 5) is 16.2. The van der Waals surface area contributed by atoms with E-state index >= 15 is 0 Å². The Bertz CT molecular complexity index is 878. The van der Waals surface area contributed by atoms with E-state index in [2.05, 4.69) is 15.4 Å². The molecule has 2 aromatic heterocycles. The van der Waals surface area contributed by atoms with E-state index in [0.717, 1.165) is 18.2 Å². The molecule has 1 N–H and O–H groups in total. The van der Waals surface area contributed by atoms with E-state index in [9.17, 15) is 13.6 Å². The van der Waals surface area contributed by atoms with E-state index in [4.69, 9.17) is 0 Å². The van der Waals surface area contributed by atoms with E-state index in [1.165, 1.54) is 10.9 Å². The summed E-state index contributed by atoms with van der Waals surface area (Å²) < 4.78 is 28.6. The zero-order chi connectivity index (χ0) is 17.1. The van der Waals surface area contributed by atoms with Crippen molar-refractivity contribution >= 4 is 11.7 Å². The summed E-state index contributed by atoms with van der Waals surface area (Å²) in [6.45, 7) is 1.77. The number of nitrogens with zero attached hydrogens (tertiary/aromatic N) is 3. The van der Waals surface area contributed by atoms with Gasteiger partial charge >= 0.3 is 0 Å². The Morgan fingerprint density at radius 1 is 1.25 bits per heavy atom. The normalized spacial score (nSPS) is 10.6. The Balaban J connectivity index is 1.86. The molecule has 0 radical (unpaired) electrons. The zero-order valence-corrected chi connectivity index (χ0v) is 12.8. The van der Waals surface area contributed by atoms with Gasteiger partial charge in [-0.15, -0.1) is 0 Å². The Morgan fingerprint density at radius 2 is 2.08 bits per heavy atom. The Morgan fingerprint density at radius 3 is 2.83 bits per heavy atom. The van der Waals surface area contributed by atoms with Crippen molar-refractivity contribution in [3.05, 3.63) is 77.2 Å². The van der Waals surface area contributed by atoms with Gasteiger partial charge in [0.1, 0.15) is 17.5 Å². The molecule has 1 aromatic carbocycles. The van der Waals surface area contributed by atoms with Crippen molar-refractivity contribution in [2.45, 2.75) is 13.5 Å². The van der Waals surface area contributed by atoms with E-state index < -0.39 is 11.6 Å². The van der Waals surface area contributed by atoms with Gasteiger partial charge in [-0.3, -0.25) is 9.78 Å². The Hall–Kier alpha value is -3.09. The first-order valence-electron chi connectivity index (χ1n) is 7.22. The van der Waals surface area contributed by atoms with Gasteiger partial charge in [0.2, 0.25) is 0 Å². The van der Waals surface area contributed by atoms with Gasteiger partial charge in [0, 0.05) is 23.5 Å². The molecule has 0 aliphatic carbocycles. The standard InChI is InChI=1S/C17H14F2N4O/c1-11-8-21-23(10-13-7-14(18)4-5-15(13)19)16(11)22-17(24)12-3-2-6-20-9-12/h2-9H,10H2,1H3,(H,22,24). The molecule has 0 aliphatic rings. The molecule has 7 heteroatoms. The number of hydrogen-bond donors (Lipinski definition) is 1. The highest BCUT2D eigenvalue weighted by atomic mass is 19.1. The number of hydrogen-bond acceptors (Lipinski definition) is 3. The molecular formula is C17H14F2N4O. The van der Waals surface area contributed by atoms with Crippen LogP contribution in [0.4, 0.5) is 14.6 Å². The second-order valence-electron chi connectivity index (χ2n) is 5.27. The van der Waals surface area contributed by atoms with E-state index in [1.807, 2.05) is 0 Å². The van der Waals surface area contributed by atoms with Crippen molar-refractivity contribution in [2.24, 2.45) is 0 Å². The first kappa shape index (κ1) is 15.8. The van der Waals surface area contributed by atoms with E-state index in [1.54, 1.807) is 31.5 Å². The fraction of sp³-hybridized carbons (Fsp3) is 0.118. The van der Waals surface area contributed by atoms with Gasteiger partial charge in [0.15, 0.2) is 0 Å². The van der Waals surface area contributed by atoms with Crippen molar-refractivity contribution < 1.29 is 13.6 Å². The predicted molar refractivity (Wildman–Crippen MR) is 84.6 cm³/mol. The lowest BCUT2D eigenvalue weighted by Crippen LogP contribution is -2.17. The first-order chi connectivity index (χ1) is 11.5. The van der Waals surface area contributed by atoms with Crippen LogP contribution in [0.5, 0.6) is 0 Å². The van der Waals surface area contributed by atoms with Crippen LogP contribution in [0.3, 0.4) is 0 Å². The smallest absolute Gasteiger partial charge is 0.258 e. The van der Waals surface area contributed by atoms with Crippen LogP contribution in [0, 0.1) is 18.6 Å². The maximum atomic E-state index is 13.8. The second-order valence-corrected chi connectivity index (χ2v) is 5.27. The molecule has 0 fully saturated rings. The minimum Gasteiger partial charge on any atom is -0.306 e. The third kappa shape index (κ3) is 3.29. The Kier molecular flexibility index (Phi) is 4.33. The number of amides is 1. The molecule has 0 unspecified atom stereocenters. The molecule has 1 amide bonds. The summed E-state index contributed by atoms with van der Waals surface area (Å²) in [5.74, 6) is -0.995. The van der Waals surface area contributed by atoms with Crippen LogP contribution >= 0.6 is 0 Å². The van der Waals surface area contributed by atoms with Gasteiger partial charge in [-0.2, -0.15) is 5.10 Å². The number of aromatic nitrogens is 3. The number of rotatable bonds is 4. The van der Waals surface area contributed by atoms with Crippen LogP contribution in [0.2, 0.25) is 0 Å². The summed E-state index contributed by atoms with van der Waals surface area (Å²) in [6, 6.07) is 6.51. The molecule has 0 bridgehead atoms. The second kappa shape index (κ2) is 6.57. The van der Waals surface area contributed by atoms with Crippen LogP contribution in [0.25, 0.3) is 0 Å². The number of halogens is 2. The van der Waals surface area contributed by atoms with Gasteiger partial charge < -0.3 is 5.32 Å². The molecule has 3 rings (SSSR count). The molecular weight excluding hydrogens is 314 g/mol. The molecule has 122 valence electrons. The number of anilines is 1. The summed E-state index contributed by atoms with van der Waals surface area (Å²) >= 11 is 0. The van der Waals surface area contributed by atoms with Crippen LogP contribution in [-0.2, 0) is 6.54 Å². The number of benzene rings is 1. The maximum Gasteiger partial charge on any atom is 0.258 e. The third-order valence-corrected chi connectivity index (χ3v) is 3.51. The molecule has 0 saturated carbocycles. The fourth-order valence-corrected chi connectivity index (χ4v) is 2.26. The van der Waals surface area contributed by atoms with Gasteiger partial charge in [-0.05, 0) is 37.3 Å². The molecule has 3 aromatic rings. The fourth-order valence-electron chi connectivity index (χ4n) is 2.26. The molecule has 2 heterocycles. The van der Waals surface area contributed by atoms with Crippen molar-refractivity contribution in [2.75, 3.05) is 5.32 Å². The largest absolute Gasteiger partial charge is 0.306 e. The summed E-state index contributed by atoms with van der Waals surface area (Å²) in [6.07, 6.45) is 4.56. The number of aryl methyl sites for hydroxylation is 1. The lowest BCUT2D eigenvalue weighted by atomic mass is 10.2. The van der Waals surface area contributed by atoms with Crippen molar-refractivity contribution in [3.63, 3.8) is 0 Å². The quantitative estimate of drug-likeness (QED) is 0.800. The molecule has 0 saturated heterocycles. The van der Waals surface area contributed by atoms with Gasteiger partial charge in [0.25, 0.3) is 5.91 Å². The maximum absolute atomic E-state index is 13.8. The molecule has 0 aliphatic heterocycles. The summed E-state index contributed by atoms with van der Waals surface area (Å²) in [7, 11) is 0. The van der Waals surface area contributed by atoms with Gasteiger partial charge in [-0.25, -0.2) is 13.5 Å². The van der Waals surface area contributed by atoms with Gasteiger partial charge in [-0.1, -0.05) is 0 Å². The lowest BCUT2D eigenvalue weighted by Gasteiger charge is -2.11. The van der Waals surface area contributed by atoms with Crippen molar-refractivity contribution in [1.29, 1.82) is 0 Å². The number of carbonyl (C=O) groups excluding carboxylic acids is 1. The van der Waals surface area contributed by atoms with Gasteiger partial charge in [0.05, 0.1) is 18.3 Å². The van der Waals surface area contributed by atoms with Crippen LogP contribution < -0.4 is 5.32 Å². The number of pyridine rings is 1. The summed E-state index contributed by atoms with van der Waals surface area (Å²) in [5.41, 5.74) is 1.25. The minimum atomic E-state index is -0.533. The minimum absolute atomic E-state index is 0.0000857. The molecule has 5 nitrogen and oxygen atoms in total. The van der Waals surface area contributed by atoms with E-state index in [0.29, 0.717) is 16.9 Å². The highest BCUT2D eigenvalue weighted by Gasteiger charge is 2.14.